The molecule has 2 N–H and O–H groups in total. The van der Waals surface area contributed by atoms with Crippen LogP contribution < -0.4 is 5.73 Å². The zero-order valence-corrected chi connectivity index (χ0v) is 14.4. The van der Waals surface area contributed by atoms with Gasteiger partial charge in [-0.25, -0.2) is 12.8 Å². The van der Waals surface area contributed by atoms with E-state index >= 15 is 0 Å². The Balaban J connectivity index is 2.35. The lowest BCUT2D eigenvalue weighted by atomic mass is 10.3. The number of hydrogen-bond donors (Lipinski definition) is 1. The molecule has 8 heteroatoms. The molecule has 0 bridgehead atoms. The SMILES string of the molecule is CCN(Cc1ccc(Br)s1)S(=O)(=O)c1ccc(N)cc1F. The lowest BCUT2D eigenvalue weighted by molar-refractivity contribution is 0.422. The monoisotopic (exact) mass is 392 g/mol. The molecule has 0 aliphatic heterocycles. The summed E-state index contributed by atoms with van der Waals surface area (Å²) < 4.78 is 41.1. The molecule has 0 atom stereocenters. The first-order chi connectivity index (χ1) is 9.84. The minimum Gasteiger partial charge on any atom is -0.399 e. The number of rotatable bonds is 5. The van der Waals surface area contributed by atoms with E-state index in [4.69, 9.17) is 5.73 Å². The predicted octanol–water partition coefficient (Wildman–Crippen LogP) is 3.44. The van der Waals surface area contributed by atoms with Crippen LogP contribution in [0.3, 0.4) is 0 Å². The van der Waals surface area contributed by atoms with Crippen LogP contribution in [0.25, 0.3) is 0 Å². The van der Waals surface area contributed by atoms with Crippen molar-refractivity contribution in [3.05, 3.63) is 44.8 Å². The van der Waals surface area contributed by atoms with Crippen LogP contribution in [-0.2, 0) is 16.6 Å². The highest BCUT2D eigenvalue weighted by molar-refractivity contribution is 9.11. The van der Waals surface area contributed by atoms with Crippen LogP contribution in [0.4, 0.5) is 10.1 Å². The number of nitrogens with zero attached hydrogens (tertiary/aromatic N) is 1. The number of anilines is 1. The Morgan fingerprint density at radius 3 is 2.57 bits per heavy atom. The Kier molecular flexibility index (Phi) is 5.03. The first-order valence-corrected chi connectivity index (χ1v) is 9.19. The van der Waals surface area contributed by atoms with Gasteiger partial charge in [0.2, 0.25) is 10.0 Å². The molecule has 4 nitrogen and oxygen atoms in total. The number of thiophene rings is 1. The number of sulfonamides is 1. The number of nitrogens with two attached hydrogens (primary N) is 1. The van der Waals surface area contributed by atoms with Gasteiger partial charge in [-0.3, -0.25) is 0 Å². The molecule has 0 aliphatic carbocycles. The third-order valence-electron chi connectivity index (χ3n) is 2.89. The average molecular weight is 393 g/mol. The van der Waals surface area contributed by atoms with E-state index in [0.29, 0.717) is 0 Å². The maximum absolute atomic E-state index is 13.9. The van der Waals surface area contributed by atoms with Crippen LogP contribution in [0.1, 0.15) is 11.8 Å². The van der Waals surface area contributed by atoms with E-state index in [0.717, 1.165) is 14.7 Å². The number of nitrogen functional groups attached to an aromatic ring is 1. The molecule has 2 aromatic rings. The van der Waals surface area contributed by atoms with Gasteiger partial charge in [0.05, 0.1) is 3.79 Å². The lowest BCUT2D eigenvalue weighted by Gasteiger charge is -2.20. The van der Waals surface area contributed by atoms with Crippen LogP contribution in [0.15, 0.2) is 39.0 Å². The van der Waals surface area contributed by atoms with Crippen LogP contribution in [-0.4, -0.2) is 19.3 Å². The van der Waals surface area contributed by atoms with Gasteiger partial charge < -0.3 is 5.73 Å². The molecule has 21 heavy (non-hydrogen) atoms. The topological polar surface area (TPSA) is 63.4 Å². The number of halogens is 2. The Hall–Kier alpha value is -0.960. The Bertz CT molecular complexity index is 746. The van der Waals surface area contributed by atoms with Gasteiger partial charge >= 0.3 is 0 Å². The van der Waals surface area contributed by atoms with E-state index in [9.17, 15) is 12.8 Å². The number of benzene rings is 1. The largest absolute Gasteiger partial charge is 0.399 e. The fourth-order valence-electron chi connectivity index (χ4n) is 1.84. The second kappa shape index (κ2) is 6.43. The zero-order valence-electron chi connectivity index (χ0n) is 11.2. The molecule has 0 radical (unpaired) electrons. The first kappa shape index (κ1) is 16.4. The number of hydrogen-bond acceptors (Lipinski definition) is 4. The van der Waals surface area contributed by atoms with Crippen molar-refractivity contribution < 1.29 is 12.8 Å². The minimum atomic E-state index is -3.89. The summed E-state index contributed by atoms with van der Waals surface area (Å²) in [6.45, 7) is 2.18. The summed E-state index contributed by atoms with van der Waals surface area (Å²) in [6, 6.07) is 7.29. The molecule has 0 fully saturated rings. The molecule has 1 aromatic heterocycles. The van der Waals surface area contributed by atoms with E-state index < -0.39 is 15.8 Å². The van der Waals surface area contributed by atoms with E-state index in [1.165, 1.54) is 27.8 Å². The molecular formula is C13H14BrFN2O2S2. The Morgan fingerprint density at radius 1 is 1.33 bits per heavy atom. The van der Waals surface area contributed by atoms with E-state index in [1.807, 2.05) is 12.1 Å². The Labute approximate surface area is 135 Å². The molecular weight excluding hydrogens is 379 g/mol. The highest BCUT2D eigenvalue weighted by Gasteiger charge is 2.26. The maximum Gasteiger partial charge on any atom is 0.246 e. The second-order valence-corrected chi connectivity index (χ2v) is 8.78. The van der Waals surface area contributed by atoms with Gasteiger partial charge in [0.1, 0.15) is 10.7 Å². The highest BCUT2D eigenvalue weighted by atomic mass is 79.9. The van der Waals surface area contributed by atoms with Crippen LogP contribution in [0.5, 0.6) is 0 Å². The van der Waals surface area contributed by atoms with Crippen LogP contribution >= 0.6 is 27.3 Å². The minimum absolute atomic E-state index is 0.191. The molecule has 114 valence electrons. The predicted molar refractivity (Wildman–Crippen MR) is 86.1 cm³/mol. The summed E-state index contributed by atoms with van der Waals surface area (Å²) >= 11 is 4.78. The van der Waals surface area contributed by atoms with Gasteiger partial charge in [-0.1, -0.05) is 6.92 Å². The van der Waals surface area contributed by atoms with Crippen molar-refractivity contribution in [3.63, 3.8) is 0 Å². The van der Waals surface area contributed by atoms with Gasteiger partial charge in [-0.2, -0.15) is 4.31 Å². The molecule has 2 rings (SSSR count). The molecule has 0 spiro atoms. The Morgan fingerprint density at radius 2 is 2.05 bits per heavy atom. The summed E-state index contributed by atoms with van der Waals surface area (Å²) in [5, 5.41) is 0. The molecule has 1 aromatic carbocycles. The fraction of sp³-hybridized carbons (Fsp3) is 0.231. The van der Waals surface area contributed by atoms with Crippen LogP contribution in [0, 0.1) is 5.82 Å². The first-order valence-electron chi connectivity index (χ1n) is 6.14. The summed E-state index contributed by atoms with van der Waals surface area (Å²) in [6.07, 6.45) is 0. The zero-order chi connectivity index (χ0) is 15.6. The molecule has 0 amide bonds. The molecule has 0 unspecified atom stereocenters. The molecule has 0 saturated carbocycles. The van der Waals surface area contributed by atoms with Gasteiger partial charge in [0.25, 0.3) is 0 Å². The van der Waals surface area contributed by atoms with E-state index in [1.54, 1.807) is 6.92 Å². The molecule has 1 heterocycles. The maximum atomic E-state index is 13.9. The lowest BCUT2D eigenvalue weighted by Crippen LogP contribution is -2.30. The highest BCUT2D eigenvalue weighted by Crippen LogP contribution is 2.27. The summed E-state index contributed by atoms with van der Waals surface area (Å²) in [5.41, 5.74) is 5.65. The van der Waals surface area contributed by atoms with Crippen molar-refractivity contribution in [1.29, 1.82) is 0 Å². The summed E-state index contributed by atoms with van der Waals surface area (Å²) in [5.74, 6) is -0.833. The van der Waals surface area contributed by atoms with Crippen molar-refractivity contribution in [2.45, 2.75) is 18.4 Å². The third-order valence-corrected chi connectivity index (χ3v) is 6.45. The van der Waals surface area contributed by atoms with Crippen molar-refractivity contribution in [3.8, 4) is 0 Å². The van der Waals surface area contributed by atoms with Crippen molar-refractivity contribution in [2.24, 2.45) is 0 Å². The van der Waals surface area contributed by atoms with Gasteiger partial charge in [-0.05, 0) is 46.3 Å². The summed E-state index contributed by atoms with van der Waals surface area (Å²) in [7, 11) is -3.89. The van der Waals surface area contributed by atoms with Gasteiger partial charge in [0.15, 0.2) is 0 Å². The normalized spacial score (nSPS) is 12.0. The van der Waals surface area contributed by atoms with Gasteiger partial charge in [0, 0.05) is 23.7 Å². The fourth-order valence-corrected chi connectivity index (χ4v) is 4.90. The molecule has 0 aliphatic rings. The summed E-state index contributed by atoms with van der Waals surface area (Å²) in [4.78, 5) is 0.525. The quantitative estimate of drug-likeness (QED) is 0.792. The third kappa shape index (κ3) is 3.63. The van der Waals surface area contributed by atoms with Crippen molar-refractivity contribution in [2.75, 3.05) is 12.3 Å². The molecule has 0 saturated heterocycles. The average Bonchev–Trinajstić information content (AvgIpc) is 2.80. The van der Waals surface area contributed by atoms with Crippen molar-refractivity contribution in [1.82, 2.24) is 4.31 Å². The van der Waals surface area contributed by atoms with Crippen LogP contribution in [0.2, 0.25) is 0 Å². The van der Waals surface area contributed by atoms with Gasteiger partial charge in [-0.15, -0.1) is 11.3 Å². The standard InChI is InChI=1S/C13H14BrFN2O2S2/c1-2-17(8-10-4-6-13(14)20-10)21(18,19)12-5-3-9(16)7-11(12)15/h3-7H,2,8,16H2,1H3. The smallest absolute Gasteiger partial charge is 0.246 e. The second-order valence-electron chi connectivity index (χ2n) is 4.33. The van der Waals surface area contributed by atoms with E-state index in [-0.39, 0.29) is 23.7 Å². The van der Waals surface area contributed by atoms with E-state index in [2.05, 4.69) is 15.9 Å². The van der Waals surface area contributed by atoms with Crippen molar-refractivity contribution >= 4 is 43.0 Å².